The number of carbonyl (C=O) groups is 1. The molecule has 0 heterocycles. The Hall–Kier alpha value is -3.42. The molecule has 0 N–H and O–H groups in total. The highest BCUT2D eigenvalue weighted by molar-refractivity contribution is 7.95. The van der Waals surface area contributed by atoms with Crippen LogP contribution in [0.25, 0.3) is 0 Å². The van der Waals surface area contributed by atoms with Crippen molar-refractivity contribution in [3.63, 3.8) is 0 Å². The minimum atomic E-state index is -1.86. The summed E-state index contributed by atoms with van der Waals surface area (Å²) in [4.78, 5) is 8.89. The normalized spacial score (nSPS) is 10.7. The van der Waals surface area contributed by atoms with Crippen molar-refractivity contribution in [1.29, 1.82) is 0 Å². The van der Waals surface area contributed by atoms with Crippen molar-refractivity contribution < 1.29 is 14.6 Å². The van der Waals surface area contributed by atoms with Crippen LogP contribution < -0.4 is 25.8 Å². The van der Waals surface area contributed by atoms with E-state index in [-0.39, 0.29) is 0 Å². The molecule has 0 amide bonds. The zero-order valence-corrected chi connectivity index (χ0v) is 21.4. The van der Waals surface area contributed by atoms with E-state index in [1.165, 1.54) is 21.5 Å². The van der Waals surface area contributed by atoms with Crippen molar-refractivity contribution >= 4 is 29.1 Å². The SMILES string of the molecule is CC(=O)[O-].CCCCOc1ccc(C[P+](c2ccccc2)(c2ccccc2)c2ccccc2)cc1. The van der Waals surface area contributed by atoms with Crippen LogP contribution in [-0.2, 0) is 11.0 Å². The first kappa shape index (κ1) is 26.2. The lowest BCUT2D eigenvalue weighted by molar-refractivity contribution is -0.302. The summed E-state index contributed by atoms with van der Waals surface area (Å²) in [6.45, 7) is 3.94. The second kappa shape index (κ2) is 13.5. The van der Waals surface area contributed by atoms with Crippen molar-refractivity contribution in [3.8, 4) is 5.75 Å². The Kier molecular flexibility index (Phi) is 10.1. The topological polar surface area (TPSA) is 49.4 Å². The third-order valence-electron chi connectivity index (χ3n) is 5.70. The molecule has 0 radical (unpaired) electrons. The van der Waals surface area contributed by atoms with Gasteiger partial charge in [-0.15, -0.1) is 0 Å². The Labute approximate surface area is 209 Å². The fourth-order valence-electron chi connectivity index (χ4n) is 4.07. The van der Waals surface area contributed by atoms with E-state index >= 15 is 0 Å². The zero-order chi connectivity index (χ0) is 24.9. The van der Waals surface area contributed by atoms with E-state index in [0.29, 0.717) is 0 Å². The first-order valence-corrected chi connectivity index (χ1v) is 14.0. The molecular formula is C31H33O3P. The van der Waals surface area contributed by atoms with Gasteiger partial charge in [0.05, 0.1) is 12.8 Å². The van der Waals surface area contributed by atoms with Gasteiger partial charge >= 0.3 is 0 Å². The van der Waals surface area contributed by atoms with Crippen molar-refractivity contribution in [3.05, 3.63) is 121 Å². The van der Waals surface area contributed by atoms with Crippen molar-refractivity contribution in [2.24, 2.45) is 0 Å². The number of rotatable bonds is 9. The Morgan fingerprint density at radius 2 is 1.11 bits per heavy atom. The minimum Gasteiger partial charge on any atom is -0.550 e. The number of ether oxygens (including phenoxy) is 1. The van der Waals surface area contributed by atoms with Gasteiger partial charge in [-0.05, 0) is 67.4 Å². The average Bonchev–Trinajstić information content (AvgIpc) is 2.89. The molecule has 4 aromatic carbocycles. The number of carboxylic acid groups (broad SMARTS) is 1. The standard InChI is InChI=1S/C29H30OP.C2H4O2/c1-2-3-23-30-26-21-19-25(20-22-26)24-31(27-13-7-4-8-14-27,28-15-9-5-10-16-28)29-17-11-6-12-18-29;1-2(3)4/h4-22H,2-3,23-24H2,1H3;1H3,(H,3,4)/q+1;/p-1. The van der Waals surface area contributed by atoms with Crippen LogP contribution in [0, 0.1) is 0 Å². The second-order valence-electron chi connectivity index (χ2n) is 8.31. The lowest BCUT2D eigenvalue weighted by atomic mass is 10.2. The summed E-state index contributed by atoms with van der Waals surface area (Å²) >= 11 is 0. The predicted octanol–water partition coefficient (Wildman–Crippen LogP) is 5.12. The quantitative estimate of drug-likeness (QED) is 0.245. The van der Waals surface area contributed by atoms with E-state index in [9.17, 15) is 0 Å². The highest BCUT2D eigenvalue weighted by atomic mass is 31.2. The van der Waals surface area contributed by atoms with E-state index in [2.05, 4.69) is 122 Å². The van der Waals surface area contributed by atoms with Gasteiger partial charge in [-0.1, -0.05) is 80.1 Å². The molecule has 0 aliphatic carbocycles. The molecule has 0 unspecified atom stereocenters. The molecule has 35 heavy (non-hydrogen) atoms. The predicted molar refractivity (Wildman–Crippen MR) is 146 cm³/mol. The summed E-state index contributed by atoms with van der Waals surface area (Å²) < 4.78 is 5.89. The number of hydrogen-bond donors (Lipinski definition) is 0. The molecule has 0 spiro atoms. The molecule has 0 aliphatic heterocycles. The van der Waals surface area contributed by atoms with Crippen LogP contribution >= 0.6 is 7.26 Å². The van der Waals surface area contributed by atoms with Gasteiger partial charge < -0.3 is 14.6 Å². The van der Waals surface area contributed by atoms with Gasteiger partial charge in [0.1, 0.15) is 28.9 Å². The maximum absolute atomic E-state index is 8.89. The Morgan fingerprint density at radius 3 is 1.49 bits per heavy atom. The number of aliphatic carboxylic acids is 1. The maximum Gasteiger partial charge on any atom is 0.119 e. The lowest BCUT2D eigenvalue weighted by Crippen LogP contribution is -2.32. The number of carboxylic acids is 1. The van der Waals surface area contributed by atoms with E-state index < -0.39 is 13.2 Å². The van der Waals surface area contributed by atoms with Gasteiger partial charge in [0, 0.05) is 5.97 Å². The average molecular weight is 485 g/mol. The minimum absolute atomic E-state index is 0.783. The Bertz CT molecular complexity index is 1040. The summed E-state index contributed by atoms with van der Waals surface area (Å²) in [5, 5.41) is 13.1. The van der Waals surface area contributed by atoms with Gasteiger partial charge in [-0.2, -0.15) is 0 Å². The summed E-state index contributed by atoms with van der Waals surface area (Å²) in [6, 6.07) is 41.9. The molecule has 0 aromatic heterocycles. The molecule has 0 atom stereocenters. The smallest absolute Gasteiger partial charge is 0.119 e. The number of unbranched alkanes of at least 4 members (excludes halogenated alkanes) is 1. The zero-order valence-electron chi connectivity index (χ0n) is 20.5. The molecule has 4 heteroatoms. The molecule has 4 rings (SSSR count). The van der Waals surface area contributed by atoms with E-state index in [1.54, 1.807) is 0 Å². The summed E-state index contributed by atoms with van der Waals surface area (Å²) in [7, 11) is -1.86. The first-order chi connectivity index (χ1) is 17.1. The van der Waals surface area contributed by atoms with E-state index in [0.717, 1.165) is 38.3 Å². The van der Waals surface area contributed by atoms with Gasteiger partial charge in [0.15, 0.2) is 0 Å². The van der Waals surface area contributed by atoms with Gasteiger partial charge in [0.25, 0.3) is 0 Å². The van der Waals surface area contributed by atoms with Crippen molar-refractivity contribution in [2.45, 2.75) is 32.9 Å². The largest absolute Gasteiger partial charge is 0.550 e. The number of carbonyl (C=O) groups excluding carboxylic acids is 1. The van der Waals surface area contributed by atoms with Crippen LogP contribution in [0.4, 0.5) is 0 Å². The van der Waals surface area contributed by atoms with Crippen LogP contribution in [0.2, 0.25) is 0 Å². The van der Waals surface area contributed by atoms with Gasteiger partial charge in [-0.3, -0.25) is 0 Å². The highest BCUT2D eigenvalue weighted by Gasteiger charge is 2.45. The molecule has 180 valence electrons. The van der Waals surface area contributed by atoms with Crippen molar-refractivity contribution in [2.75, 3.05) is 6.61 Å². The molecule has 0 saturated carbocycles. The van der Waals surface area contributed by atoms with Crippen molar-refractivity contribution in [1.82, 2.24) is 0 Å². The number of hydrogen-bond acceptors (Lipinski definition) is 3. The van der Waals surface area contributed by atoms with Crippen LogP contribution in [0.1, 0.15) is 32.3 Å². The molecule has 0 fully saturated rings. The first-order valence-electron chi connectivity index (χ1n) is 12.0. The van der Waals surface area contributed by atoms with Gasteiger partial charge in [0.2, 0.25) is 0 Å². The summed E-state index contributed by atoms with van der Waals surface area (Å²) in [5.74, 6) is -0.125. The maximum atomic E-state index is 8.89. The van der Waals surface area contributed by atoms with Crippen LogP contribution in [0.3, 0.4) is 0 Å². The molecule has 3 nitrogen and oxygen atoms in total. The van der Waals surface area contributed by atoms with E-state index in [1.807, 2.05) is 0 Å². The Balaban J connectivity index is 0.000000795. The van der Waals surface area contributed by atoms with Crippen LogP contribution in [0.5, 0.6) is 5.75 Å². The molecule has 0 saturated heterocycles. The van der Waals surface area contributed by atoms with Gasteiger partial charge in [-0.25, -0.2) is 0 Å². The molecule has 0 bridgehead atoms. The monoisotopic (exact) mass is 484 g/mol. The fraction of sp³-hybridized carbons (Fsp3) is 0.194. The second-order valence-corrected chi connectivity index (χ2v) is 11.8. The lowest BCUT2D eigenvalue weighted by Gasteiger charge is -2.28. The molecule has 0 aliphatic rings. The van der Waals surface area contributed by atoms with E-state index in [4.69, 9.17) is 14.6 Å². The third kappa shape index (κ3) is 7.28. The van der Waals surface area contributed by atoms with Crippen LogP contribution in [-0.4, -0.2) is 12.6 Å². The third-order valence-corrected chi connectivity index (χ3v) is 10.1. The fourth-order valence-corrected chi connectivity index (χ4v) is 8.31. The highest BCUT2D eigenvalue weighted by Crippen LogP contribution is 2.58. The summed E-state index contributed by atoms with van der Waals surface area (Å²) in [6.07, 6.45) is 3.23. The molecular weight excluding hydrogens is 451 g/mol. The van der Waals surface area contributed by atoms with Crippen LogP contribution in [0.15, 0.2) is 115 Å². The number of benzene rings is 4. The Morgan fingerprint density at radius 1 is 0.714 bits per heavy atom. The summed E-state index contributed by atoms with van der Waals surface area (Å²) in [5.41, 5.74) is 1.34. The molecule has 4 aromatic rings.